The number of nitrogens with two attached hydrogens (primary N) is 1. The van der Waals surface area contributed by atoms with E-state index >= 15 is 0 Å². The molecule has 0 radical (unpaired) electrons. The third-order valence-corrected chi connectivity index (χ3v) is 1.86. The quantitative estimate of drug-likeness (QED) is 0.776. The average molecular weight is 195 g/mol. The summed E-state index contributed by atoms with van der Waals surface area (Å²) in [5, 5.41) is 0. The SMILES string of the molecule is CCc1nc(CC(C)N)cc(OC)n1. The Morgan fingerprint density at radius 1 is 1.50 bits per heavy atom. The zero-order chi connectivity index (χ0) is 10.6. The van der Waals surface area contributed by atoms with Gasteiger partial charge in [0.2, 0.25) is 5.88 Å². The molecule has 0 bridgehead atoms. The van der Waals surface area contributed by atoms with Gasteiger partial charge in [0, 0.05) is 30.6 Å². The first-order chi connectivity index (χ1) is 6.65. The lowest BCUT2D eigenvalue weighted by Gasteiger charge is -2.07. The highest BCUT2D eigenvalue weighted by atomic mass is 16.5. The second-order valence-electron chi connectivity index (χ2n) is 3.35. The number of aryl methyl sites for hydroxylation is 1. The van der Waals surface area contributed by atoms with Gasteiger partial charge in [0.05, 0.1) is 7.11 Å². The Balaban J connectivity index is 2.92. The van der Waals surface area contributed by atoms with E-state index in [9.17, 15) is 0 Å². The van der Waals surface area contributed by atoms with Crippen molar-refractivity contribution >= 4 is 0 Å². The maximum atomic E-state index is 5.71. The highest BCUT2D eigenvalue weighted by Crippen LogP contribution is 2.10. The third-order valence-electron chi connectivity index (χ3n) is 1.86. The first kappa shape index (κ1) is 10.9. The number of ether oxygens (including phenoxy) is 1. The van der Waals surface area contributed by atoms with Gasteiger partial charge in [-0.1, -0.05) is 6.92 Å². The summed E-state index contributed by atoms with van der Waals surface area (Å²) in [5.74, 6) is 1.42. The van der Waals surface area contributed by atoms with Crippen LogP contribution in [0, 0.1) is 0 Å². The number of nitrogens with zero attached hydrogens (tertiary/aromatic N) is 2. The molecule has 2 N–H and O–H groups in total. The molecule has 0 aliphatic carbocycles. The van der Waals surface area contributed by atoms with Crippen LogP contribution < -0.4 is 10.5 Å². The van der Waals surface area contributed by atoms with Gasteiger partial charge >= 0.3 is 0 Å². The van der Waals surface area contributed by atoms with E-state index in [4.69, 9.17) is 10.5 Å². The van der Waals surface area contributed by atoms with Crippen LogP contribution in [0.2, 0.25) is 0 Å². The van der Waals surface area contributed by atoms with Gasteiger partial charge in [0.1, 0.15) is 5.82 Å². The van der Waals surface area contributed by atoms with Crippen molar-refractivity contribution in [3.63, 3.8) is 0 Å². The number of hydrogen-bond donors (Lipinski definition) is 1. The molecule has 0 fully saturated rings. The Kier molecular flexibility index (Phi) is 3.83. The van der Waals surface area contributed by atoms with E-state index in [0.29, 0.717) is 5.88 Å². The summed E-state index contributed by atoms with van der Waals surface area (Å²) in [6.07, 6.45) is 1.56. The van der Waals surface area contributed by atoms with E-state index in [1.54, 1.807) is 7.11 Å². The minimum absolute atomic E-state index is 0.110. The summed E-state index contributed by atoms with van der Waals surface area (Å²) in [7, 11) is 1.61. The van der Waals surface area contributed by atoms with Gasteiger partial charge in [0.25, 0.3) is 0 Å². The molecule has 0 saturated carbocycles. The lowest BCUT2D eigenvalue weighted by atomic mass is 10.2. The molecule has 1 atom stereocenters. The van der Waals surface area contributed by atoms with E-state index in [-0.39, 0.29) is 6.04 Å². The summed E-state index contributed by atoms with van der Waals surface area (Å²) in [4.78, 5) is 8.57. The summed E-state index contributed by atoms with van der Waals surface area (Å²) >= 11 is 0. The van der Waals surface area contributed by atoms with E-state index in [1.165, 1.54) is 0 Å². The van der Waals surface area contributed by atoms with Crippen molar-refractivity contribution in [3.05, 3.63) is 17.6 Å². The zero-order valence-corrected chi connectivity index (χ0v) is 8.95. The molecule has 4 nitrogen and oxygen atoms in total. The second kappa shape index (κ2) is 4.91. The number of methoxy groups -OCH3 is 1. The highest BCUT2D eigenvalue weighted by molar-refractivity contribution is 5.17. The molecular weight excluding hydrogens is 178 g/mol. The van der Waals surface area contributed by atoms with Crippen molar-refractivity contribution in [2.24, 2.45) is 5.73 Å². The smallest absolute Gasteiger partial charge is 0.216 e. The molecule has 1 unspecified atom stereocenters. The van der Waals surface area contributed by atoms with Crippen molar-refractivity contribution in [2.45, 2.75) is 32.7 Å². The molecular formula is C10H17N3O. The molecule has 1 heterocycles. The monoisotopic (exact) mass is 195 g/mol. The van der Waals surface area contributed by atoms with Crippen LogP contribution in [0.4, 0.5) is 0 Å². The fraction of sp³-hybridized carbons (Fsp3) is 0.600. The van der Waals surface area contributed by atoms with Crippen molar-refractivity contribution in [1.82, 2.24) is 9.97 Å². The van der Waals surface area contributed by atoms with Crippen LogP contribution >= 0.6 is 0 Å². The molecule has 1 aromatic rings. The van der Waals surface area contributed by atoms with Crippen LogP contribution in [0.15, 0.2) is 6.07 Å². The average Bonchev–Trinajstić information content (AvgIpc) is 2.16. The Morgan fingerprint density at radius 3 is 2.71 bits per heavy atom. The van der Waals surface area contributed by atoms with Gasteiger partial charge in [0.15, 0.2) is 0 Å². The third kappa shape index (κ3) is 2.96. The number of rotatable bonds is 4. The minimum atomic E-state index is 0.110. The van der Waals surface area contributed by atoms with E-state index in [1.807, 2.05) is 19.9 Å². The summed E-state index contributed by atoms with van der Waals surface area (Å²) in [5.41, 5.74) is 6.65. The maximum Gasteiger partial charge on any atom is 0.216 e. The van der Waals surface area contributed by atoms with Crippen LogP contribution in [0.1, 0.15) is 25.4 Å². The van der Waals surface area contributed by atoms with Gasteiger partial charge in [-0.15, -0.1) is 0 Å². The summed E-state index contributed by atoms with van der Waals surface area (Å²) in [6, 6.07) is 1.95. The summed E-state index contributed by atoms with van der Waals surface area (Å²) in [6.45, 7) is 3.98. The summed E-state index contributed by atoms with van der Waals surface area (Å²) < 4.78 is 5.09. The first-order valence-corrected chi connectivity index (χ1v) is 4.82. The Hall–Kier alpha value is -1.16. The largest absolute Gasteiger partial charge is 0.481 e. The highest BCUT2D eigenvalue weighted by Gasteiger charge is 2.05. The van der Waals surface area contributed by atoms with Crippen LogP contribution in [0.25, 0.3) is 0 Å². The molecule has 1 aromatic heterocycles. The van der Waals surface area contributed by atoms with Crippen LogP contribution in [0.5, 0.6) is 5.88 Å². The van der Waals surface area contributed by atoms with Gasteiger partial charge in [-0.05, 0) is 6.92 Å². The van der Waals surface area contributed by atoms with Crippen molar-refractivity contribution in [2.75, 3.05) is 7.11 Å². The molecule has 78 valence electrons. The van der Waals surface area contributed by atoms with Gasteiger partial charge in [-0.25, -0.2) is 4.98 Å². The van der Waals surface area contributed by atoms with Crippen LogP contribution in [-0.2, 0) is 12.8 Å². The van der Waals surface area contributed by atoms with Crippen LogP contribution in [0.3, 0.4) is 0 Å². The van der Waals surface area contributed by atoms with Gasteiger partial charge in [-0.3, -0.25) is 0 Å². The fourth-order valence-corrected chi connectivity index (χ4v) is 1.22. The minimum Gasteiger partial charge on any atom is -0.481 e. The predicted octanol–water partition coefficient (Wildman–Crippen LogP) is 0.937. The Morgan fingerprint density at radius 2 is 2.21 bits per heavy atom. The lowest BCUT2D eigenvalue weighted by molar-refractivity contribution is 0.393. The molecule has 4 heteroatoms. The van der Waals surface area contributed by atoms with E-state index < -0.39 is 0 Å². The molecule has 14 heavy (non-hydrogen) atoms. The van der Waals surface area contributed by atoms with E-state index in [0.717, 1.165) is 24.4 Å². The molecule has 1 rings (SSSR count). The van der Waals surface area contributed by atoms with Gasteiger partial charge < -0.3 is 10.5 Å². The molecule has 0 amide bonds. The normalized spacial score (nSPS) is 12.6. The van der Waals surface area contributed by atoms with Crippen molar-refractivity contribution in [1.29, 1.82) is 0 Å². The molecule has 0 aliphatic heterocycles. The van der Waals surface area contributed by atoms with Gasteiger partial charge in [-0.2, -0.15) is 4.98 Å². The first-order valence-electron chi connectivity index (χ1n) is 4.82. The number of hydrogen-bond acceptors (Lipinski definition) is 4. The predicted molar refractivity (Wildman–Crippen MR) is 55.3 cm³/mol. The zero-order valence-electron chi connectivity index (χ0n) is 8.95. The molecule has 0 spiro atoms. The Bertz CT molecular complexity index is 277. The molecule has 0 saturated heterocycles. The number of aromatic nitrogens is 2. The topological polar surface area (TPSA) is 61.0 Å². The molecule has 0 aromatic carbocycles. The van der Waals surface area contributed by atoms with Crippen molar-refractivity contribution < 1.29 is 4.74 Å². The fourth-order valence-electron chi connectivity index (χ4n) is 1.22. The molecule has 0 aliphatic rings. The standard InChI is InChI=1S/C10H17N3O/c1-4-9-12-8(5-7(2)11)6-10(13-9)14-3/h6-7H,4-5,11H2,1-3H3. The van der Waals surface area contributed by atoms with Crippen LogP contribution in [-0.4, -0.2) is 23.1 Å². The van der Waals surface area contributed by atoms with Crippen molar-refractivity contribution in [3.8, 4) is 5.88 Å². The van der Waals surface area contributed by atoms with E-state index in [2.05, 4.69) is 9.97 Å². The lowest BCUT2D eigenvalue weighted by Crippen LogP contribution is -2.19. The maximum absolute atomic E-state index is 5.71. The Labute approximate surface area is 84.5 Å². The second-order valence-corrected chi connectivity index (χ2v) is 3.35.